The number of amides is 2. The molecule has 2 aliphatic rings. The third-order valence-corrected chi connectivity index (χ3v) is 5.02. The maximum Gasteiger partial charge on any atom is 0.253 e. The Kier molecular flexibility index (Phi) is 4.45. The highest BCUT2D eigenvalue weighted by Crippen LogP contribution is 2.40. The number of aromatic nitrogens is 1. The molecule has 1 atom stereocenters. The van der Waals surface area contributed by atoms with E-state index in [9.17, 15) is 9.59 Å². The van der Waals surface area contributed by atoms with Gasteiger partial charge in [0, 0.05) is 23.7 Å². The zero-order valence-electron chi connectivity index (χ0n) is 14.9. The van der Waals surface area contributed by atoms with Gasteiger partial charge in [-0.1, -0.05) is 12.1 Å². The average Bonchev–Trinajstić information content (AvgIpc) is 3.55. The molecule has 134 valence electrons. The quantitative estimate of drug-likeness (QED) is 0.833. The molecular weight excluding hydrogens is 326 g/mol. The summed E-state index contributed by atoms with van der Waals surface area (Å²) >= 11 is 0. The van der Waals surface area contributed by atoms with Crippen LogP contribution in [0.4, 0.5) is 5.69 Å². The summed E-state index contributed by atoms with van der Waals surface area (Å²) in [7, 11) is 0. The van der Waals surface area contributed by atoms with Gasteiger partial charge in [0.25, 0.3) is 5.91 Å². The third kappa shape index (κ3) is 3.77. The average molecular weight is 349 g/mol. The number of nitrogens with one attached hydrogen (secondary N) is 2. The van der Waals surface area contributed by atoms with E-state index >= 15 is 0 Å². The van der Waals surface area contributed by atoms with Crippen LogP contribution in [0, 0.1) is 5.92 Å². The first-order valence-corrected chi connectivity index (χ1v) is 9.28. The molecule has 2 aromatic rings. The number of hydrogen-bond donors (Lipinski definition) is 2. The largest absolute Gasteiger partial charge is 0.345 e. The Bertz CT molecular complexity index is 823. The topological polar surface area (TPSA) is 71.1 Å². The number of carbonyl (C=O) groups excluding carboxylic acids is 2. The van der Waals surface area contributed by atoms with Crippen LogP contribution in [-0.2, 0) is 4.79 Å². The lowest BCUT2D eigenvalue weighted by Gasteiger charge is -2.16. The minimum absolute atomic E-state index is 0.0846. The smallest absolute Gasteiger partial charge is 0.253 e. The molecule has 0 saturated heterocycles. The van der Waals surface area contributed by atoms with Crippen molar-refractivity contribution in [3.63, 3.8) is 0 Å². The van der Waals surface area contributed by atoms with Crippen LogP contribution in [0.15, 0.2) is 42.6 Å². The Morgan fingerprint density at radius 2 is 1.81 bits per heavy atom. The summed E-state index contributed by atoms with van der Waals surface area (Å²) in [5.41, 5.74) is 3.39. The molecule has 2 saturated carbocycles. The summed E-state index contributed by atoms with van der Waals surface area (Å²) < 4.78 is 0. The van der Waals surface area contributed by atoms with E-state index in [4.69, 9.17) is 0 Å². The van der Waals surface area contributed by atoms with E-state index in [-0.39, 0.29) is 23.8 Å². The van der Waals surface area contributed by atoms with Gasteiger partial charge >= 0.3 is 0 Å². The van der Waals surface area contributed by atoms with E-state index in [0.29, 0.717) is 11.5 Å². The molecule has 2 amide bonds. The Labute approximate surface area is 153 Å². The molecule has 5 nitrogen and oxygen atoms in total. The van der Waals surface area contributed by atoms with E-state index in [2.05, 4.69) is 15.6 Å². The number of hydrogen-bond acceptors (Lipinski definition) is 3. The zero-order valence-corrected chi connectivity index (χ0v) is 14.9. The summed E-state index contributed by atoms with van der Waals surface area (Å²) in [6.07, 6.45) is 5.96. The second kappa shape index (κ2) is 6.90. The van der Waals surface area contributed by atoms with E-state index in [1.807, 2.05) is 43.3 Å². The summed E-state index contributed by atoms with van der Waals surface area (Å²) in [6, 6.07) is 11.2. The zero-order chi connectivity index (χ0) is 18.1. The Morgan fingerprint density at radius 3 is 2.46 bits per heavy atom. The van der Waals surface area contributed by atoms with Crippen LogP contribution in [0.2, 0.25) is 0 Å². The third-order valence-electron chi connectivity index (χ3n) is 5.02. The van der Waals surface area contributed by atoms with Crippen molar-refractivity contribution < 1.29 is 9.59 Å². The molecule has 1 unspecified atom stereocenters. The minimum Gasteiger partial charge on any atom is -0.345 e. The van der Waals surface area contributed by atoms with E-state index in [1.54, 1.807) is 6.20 Å². The van der Waals surface area contributed by atoms with E-state index in [0.717, 1.165) is 42.6 Å². The standard InChI is InChI=1S/C21H23N3O2/c1-13(14-8-10-17(11-9-14)24-20(25)16-6-7-16)23-21(26)18-3-2-12-22-19(18)15-4-5-15/h2-3,8-13,15-16H,4-7H2,1H3,(H,23,26)(H,24,25). The number of rotatable bonds is 6. The van der Waals surface area contributed by atoms with E-state index in [1.165, 1.54) is 0 Å². The summed E-state index contributed by atoms with van der Waals surface area (Å²) in [5, 5.41) is 5.99. The number of benzene rings is 1. The molecule has 1 aromatic heterocycles. The molecule has 2 N–H and O–H groups in total. The van der Waals surface area contributed by atoms with Gasteiger partial charge in [0.15, 0.2) is 0 Å². The van der Waals surface area contributed by atoms with Crippen LogP contribution in [0.3, 0.4) is 0 Å². The fourth-order valence-corrected chi connectivity index (χ4v) is 3.09. The summed E-state index contributed by atoms with van der Waals surface area (Å²) in [5.74, 6) is 0.636. The van der Waals surface area contributed by atoms with Gasteiger partial charge in [0.1, 0.15) is 0 Å². The molecule has 4 rings (SSSR count). The normalized spacial score (nSPS) is 17.4. The molecule has 0 aliphatic heterocycles. The van der Waals surface area contributed by atoms with Gasteiger partial charge in [-0.05, 0) is 62.4 Å². The van der Waals surface area contributed by atoms with Gasteiger partial charge in [0.2, 0.25) is 5.91 Å². The van der Waals surface area contributed by atoms with Crippen LogP contribution >= 0.6 is 0 Å². The first-order chi connectivity index (χ1) is 12.6. The maximum absolute atomic E-state index is 12.7. The van der Waals surface area contributed by atoms with Crippen LogP contribution < -0.4 is 10.6 Å². The lowest BCUT2D eigenvalue weighted by Crippen LogP contribution is -2.27. The van der Waals surface area contributed by atoms with Gasteiger partial charge in [-0.3, -0.25) is 14.6 Å². The van der Waals surface area contributed by atoms with Gasteiger partial charge in [-0.2, -0.15) is 0 Å². The number of anilines is 1. The number of pyridine rings is 1. The van der Waals surface area contributed by atoms with E-state index < -0.39 is 0 Å². The van der Waals surface area contributed by atoms with Crippen molar-refractivity contribution in [2.24, 2.45) is 5.92 Å². The van der Waals surface area contributed by atoms with Gasteiger partial charge in [0.05, 0.1) is 17.3 Å². The predicted molar refractivity (Wildman–Crippen MR) is 99.9 cm³/mol. The fourth-order valence-electron chi connectivity index (χ4n) is 3.09. The van der Waals surface area contributed by atoms with Crippen molar-refractivity contribution in [3.8, 4) is 0 Å². The minimum atomic E-state index is -0.122. The van der Waals surface area contributed by atoms with Crippen molar-refractivity contribution in [2.75, 3.05) is 5.32 Å². The SMILES string of the molecule is CC(NC(=O)c1cccnc1C1CC1)c1ccc(NC(=O)C2CC2)cc1. The molecule has 5 heteroatoms. The Hall–Kier alpha value is -2.69. The molecule has 2 fully saturated rings. The van der Waals surface area contributed by atoms with Crippen LogP contribution in [0.25, 0.3) is 0 Å². The van der Waals surface area contributed by atoms with Crippen molar-refractivity contribution >= 4 is 17.5 Å². The lowest BCUT2D eigenvalue weighted by atomic mass is 10.1. The van der Waals surface area contributed by atoms with Crippen LogP contribution in [0.5, 0.6) is 0 Å². The van der Waals surface area contributed by atoms with Crippen molar-refractivity contribution in [1.29, 1.82) is 0 Å². The molecule has 2 aliphatic carbocycles. The molecular formula is C21H23N3O2. The second-order valence-electron chi connectivity index (χ2n) is 7.29. The molecule has 0 spiro atoms. The first kappa shape index (κ1) is 16.8. The lowest BCUT2D eigenvalue weighted by molar-refractivity contribution is -0.117. The molecule has 0 radical (unpaired) electrons. The van der Waals surface area contributed by atoms with Gasteiger partial charge < -0.3 is 10.6 Å². The Balaban J connectivity index is 1.40. The van der Waals surface area contributed by atoms with Gasteiger partial charge in [-0.15, -0.1) is 0 Å². The number of nitrogens with zero attached hydrogens (tertiary/aromatic N) is 1. The van der Waals surface area contributed by atoms with Crippen LogP contribution in [-0.4, -0.2) is 16.8 Å². The molecule has 26 heavy (non-hydrogen) atoms. The van der Waals surface area contributed by atoms with Crippen molar-refractivity contribution in [1.82, 2.24) is 10.3 Å². The summed E-state index contributed by atoms with van der Waals surface area (Å²) in [4.78, 5) is 28.9. The molecule has 0 bridgehead atoms. The second-order valence-corrected chi connectivity index (χ2v) is 7.29. The maximum atomic E-state index is 12.7. The van der Waals surface area contributed by atoms with Gasteiger partial charge in [-0.25, -0.2) is 0 Å². The number of carbonyl (C=O) groups is 2. The first-order valence-electron chi connectivity index (χ1n) is 9.28. The van der Waals surface area contributed by atoms with Crippen molar-refractivity contribution in [3.05, 3.63) is 59.4 Å². The fraction of sp³-hybridized carbons (Fsp3) is 0.381. The predicted octanol–water partition coefficient (Wildman–Crippen LogP) is 3.80. The molecule has 1 aromatic carbocycles. The van der Waals surface area contributed by atoms with Crippen LogP contribution in [0.1, 0.15) is 66.2 Å². The Morgan fingerprint density at radius 1 is 1.08 bits per heavy atom. The monoisotopic (exact) mass is 349 g/mol. The molecule has 1 heterocycles. The van der Waals surface area contributed by atoms with Crippen molar-refractivity contribution in [2.45, 2.75) is 44.6 Å². The highest BCUT2D eigenvalue weighted by Gasteiger charge is 2.30. The highest BCUT2D eigenvalue weighted by atomic mass is 16.2. The summed E-state index contributed by atoms with van der Waals surface area (Å²) in [6.45, 7) is 1.96. The highest BCUT2D eigenvalue weighted by molar-refractivity contribution is 5.96.